The number of hydrogen-bond donors (Lipinski definition) is 1. The van der Waals surface area contributed by atoms with Gasteiger partial charge in [-0.25, -0.2) is 9.78 Å². The Bertz CT molecular complexity index is 465. The van der Waals surface area contributed by atoms with E-state index in [-0.39, 0.29) is 0 Å². The minimum Gasteiger partial charge on any atom is -0.477 e. The Morgan fingerprint density at radius 2 is 2.19 bits per heavy atom. The SMILES string of the molecule is N#Cc1ccnc(OC(F)(F)F)c1C(=O)O. The highest BCUT2D eigenvalue weighted by atomic mass is 19.4. The molecule has 0 radical (unpaired) electrons. The number of carbonyl (C=O) groups is 1. The second-order valence-corrected chi connectivity index (χ2v) is 2.50. The third-order valence-electron chi connectivity index (χ3n) is 1.46. The number of rotatable bonds is 2. The van der Waals surface area contributed by atoms with Crippen molar-refractivity contribution in [3.05, 3.63) is 23.4 Å². The summed E-state index contributed by atoms with van der Waals surface area (Å²) in [5, 5.41) is 17.1. The van der Waals surface area contributed by atoms with Crippen LogP contribution in [0.1, 0.15) is 15.9 Å². The topological polar surface area (TPSA) is 83.2 Å². The van der Waals surface area contributed by atoms with Gasteiger partial charge in [-0.1, -0.05) is 0 Å². The zero-order valence-corrected chi connectivity index (χ0v) is 7.45. The maximum absolute atomic E-state index is 11.9. The number of pyridine rings is 1. The summed E-state index contributed by atoms with van der Waals surface area (Å²) in [6.45, 7) is 0. The smallest absolute Gasteiger partial charge is 0.477 e. The predicted molar refractivity (Wildman–Crippen MR) is 42.6 cm³/mol. The van der Waals surface area contributed by atoms with Crippen molar-refractivity contribution in [2.24, 2.45) is 0 Å². The summed E-state index contributed by atoms with van der Waals surface area (Å²) in [7, 11) is 0. The lowest BCUT2D eigenvalue weighted by molar-refractivity contribution is -0.276. The lowest BCUT2D eigenvalue weighted by Gasteiger charge is -2.10. The quantitative estimate of drug-likeness (QED) is 0.836. The predicted octanol–water partition coefficient (Wildman–Crippen LogP) is 1.55. The largest absolute Gasteiger partial charge is 0.574 e. The molecule has 0 aliphatic carbocycles. The van der Waals surface area contributed by atoms with Gasteiger partial charge < -0.3 is 9.84 Å². The van der Waals surface area contributed by atoms with Crippen molar-refractivity contribution in [2.45, 2.75) is 6.36 Å². The fourth-order valence-corrected chi connectivity index (χ4v) is 0.929. The molecule has 0 aliphatic heterocycles. The lowest BCUT2D eigenvalue weighted by atomic mass is 10.1. The average molecular weight is 232 g/mol. The van der Waals surface area contributed by atoms with Crippen LogP contribution in [0, 0.1) is 11.3 Å². The van der Waals surface area contributed by atoms with Crippen molar-refractivity contribution in [2.75, 3.05) is 0 Å². The molecular formula is C8H3F3N2O3. The van der Waals surface area contributed by atoms with Gasteiger partial charge in [-0.05, 0) is 6.07 Å². The summed E-state index contributed by atoms with van der Waals surface area (Å²) in [4.78, 5) is 13.8. The summed E-state index contributed by atoms with van der Waals surface area (Å²) in [5.41, 5.74) is -1.37. The normalized spacial score (nSPS) is 10.6. The molecular weight excluding hydrogens is 229 g/mol. The fourth-order valence-electron chi connectivity index (χ4n) is 0.929. The zero-order valence-electron chi connectivity index (χ0n) is 7.45. The Hall–Kier alpha value is -2.30. The third kappa shape index (κ3) is 2.60. The van der Waals surface area contributed by atoms with E-state index in [1.54, 1.807) is 0 Å². The van der Waals surface area contributed by atoms with Crippen molar-refractivity contribution >= 4 is 5.97 Å². The zero-order chi connectivity index (χ0) is 12.3. The van der Waals surface area contributed by atoms with E-state index in [0.717, 1.165) is 12.3 Å². The van der Waals surface area contributed by atoms with E-state index in [1.807, 2.05) is 0 Å². The first kappa shape index (κ1) is 11.8. The van der Waals surface area contributed by atoms with E-state index in [0.29, 0.717) is 0 Å². The van der Waals surface area contributed by atoms with Gasteiger partial charge in [-0.2, -0.15) is 5.26 Å². The van der Waals surface area contributed by atoms with E-state index in [9.17, 15) is 18.0 Å². The minimum absolute atomic E-state index is 0.457. The van der Waals surface area contributed by atoms with Crippen LogP contribution in [0.2, 0.25) is 0 Å². The third-order valence-corrected chi connectivity index (χ3v) is 1.46. The highest BCUT2D eigenvalue weighted by Gasteiger charge is 2.34. The summed E-state index contributed by atoms with van der Waals surface area (Å²) >= 11 is 0. The van der Waals surface area contributed by atoms with Crippen LogP contribution in [-0.2, 0) is 0 Å². The van der Waals surface area contributed by atoms with Crippen LogP contribution in [0.15, 0.2) is 12.3 Å². The summed E-state index contributed by atoms with van der Waals surface area (Å²) in [5.74, 6) is -2.87. The van der Waals surface area contributed by atoms with Crippen molar-refractivity contribution in [1.29, 1.82) is 5.26 Å². The molecule has 0 spiro atoms. The van der Waals surface area contributed by atoms with Crippen molar-refractivity contribution in [3.8, 4) is 11.9 Å². The number of ether oxygens (including phenoxy) is 1. The first-order valence-corrected chi connectivity index (χ1v) is 3.73. The number of carboxylic acids is 1. The number of alkyl halides is 3. The molecule has 16 heavy (non-hydrogen) atoms. The monoisotopic (exact) mass is 232 g/mol. The van der Waals surface area contributed by atoms with Gasteiger partial charge in [0.1, 0.15) is 11.6 Å². The van der Waals surface area contributed by atoms with Crippen LogP contribution in [0.25, 0.3) is 0 Å². The Labute approximate surface area is 86.7 Å². The van der Waals surface area contributed by atoms with Gasteiger partial charge in [0.15, 0.2) is 0 Å². The molecule has 0 aliphatic rings. The first-order chi connectivity index (χ1) is 7.35. The van der Waals surface area contributed by atoms with Crippen molar-refractivity contribution in [1.82, 2.24) is 4.98 Å². The van der Waals surface area contributed by atoms with Gasteiger partial charge in [0, 0.05) is 6.20 Å². The number of aromatic nitrogens is 1. The molecule has 0 aromatic carbocycles. The van der Waals surface area contributed by atoms with E-state index >= 15 is 0 Å². The van der Waals surface area contributed by atoms with Gasteiger partial charge in [-0.3, -0.25) is 0 Å². The number of hydrogen-bond acceptors (Lipinski definition) is 4. The van der Waals surface area contributed by atoms with Crippen molar-refractivity contribution in [3.63, 3.8) is 0 Å². The van der Waals surface area contributed by atoms with Crippen LogP contribution in [-0.4, -0.2) is 22.4 Å². The number of nitriles is 1. The highest BCUT2D eigenvalue weighted by Crippen LogP contribution is 2.25. The van der Waals surface area contributed by atoms with E-state index < -0.39 is 29.3 Å². The molecule has 0 amide bonds. The van der Waals surface area contributed by atoms with E-state index in [1.165, 1.54) is 6.07 Å². The van der Waals surface area contributed by atoms with Gasteiger partial charge in [0.25, 0.3) is 0 Å². The number of nitrogens with zero attached hydrogens (tertiary/aromatic N) is 2. The Kier molecular flexibility index (Phi) is 2.99. The molecule has 0 unspecified atom stereocenters. The molecule has 1 heterocycles. The molecule has 1 aromatic rings. The molecule has 84 valence electrons. The summed E-state index contributed by atoms with van der Waals surface area (Å²) in [6, 6.07) is 2.41. The van der Waals surface area contributed by atoms with Crippen molar-refractivity contribution < 1.29 is 27.8 Å². The van der Waals surface area contributed by atoms with Gasteiger partial charge in [-0.15, -0.1) is 13.2 Å². The van der Waals surface area contributed by atoms with Crippen LogP contribution >= 0.6 is 0 Å². The maximum Gasteiger partial charge on any atom is 0.574 e. The standard InChI is InChI=1S/C8H3F3N2O3/c9-8(10,11)16-6-5(7(14)15)4(3-12)1-2-13-6/h1-2H,(H,14,15). The molecule has 5 nitrogen and oxygen atoms in total. The second kappa shape index (κ2) is 4.06. The summed E-state index contributed by atoms with van der Waals surface area (Å²) < 4.78 is 39.0. The highest BCUT2D eigenvalue weighted by molar-refractivity contribution is 5.93. The van der Waals surface area contributed by atoms with Crippen LogP contribution in [0.5, 0.6) is 5.88 Å². The molecule has 1 aromatic heterocycles. The van der Waals surface area contributed by atoms with E-state index in [2.05, 4.69) is 9.72 Å². The Balaban J connectivity index is 3.30. The molecule has 0 atom stereocenters. The van der Waals surface area contributed by atoms with Gasteiger partial charge >= 0.3 is 12.3 Å². The maximum atomic E-state index is 11.9. The molecule has 0 saturated heterocycles. The Morgan fingerprint density at radius 1 is 1.56 bits per heavy atom. The van der Waals surface area contributed by atoms with Crippen LogP contribution in [0.3, 0.4) is 0 Å². The molecule has 1 rings (SSSR count). The van der Waals surface area contributed by atoms with Crippen LogP contribution < -0.4 is 4.74 Å². The fraction of sp³-hybridized carbons (Fsp3) is 0.125. The lowest BCUT2D eigenvalue weighted by Crippen LogP contribution is -2.20. The van der Waals surface area contributed by atoms with Gasteiger partial charge in [0.05, 0.1) is 5.56 Å². The summed E-state index contributed by atoms with van der Waals surface area (Å²) in [6.07, 6.45) is -4.21. The molecule has 0 bridgehead atoms. The average Bonchev–Trinajstić information content (AvgIpc) is 2.14. The molecule has 1 N–H and O–H groups in total. The van der Waals surface area contributed by atoms with Crippen LogP contribution in [0.4, 0.5) is 13.2 Å². The molecule has 0 fully saturated rings. The Morgan fingerprint density at radius 3 is 2.62 bits per heavy atom. The molecule has 8 heteroatoms. The van der Waals surface area contributed by atoms with E-state index in [4.69, 9.17) is 10.4 Å². The number of halogens is 3. The van der Waals surface area contributed by atoms with Gasteiger partial charge in [0.2, 0.25) is 5.88 Å². The number of carboxylic acid groups (broad SMARTS) is 1. The first-order valence-electron chi connectivity index (χ1n) is 3.73. The molecule has 0 saturated carbocycles. The number of aromatic carboxylic acids is 1. The second-order valence-electron chi connectivity index (χ2n) is 2.50. The minimum atomic E-state index is -5.06.